The number of carbonyl (C=O) groups is 1. The van der Waals surface area contributed by atoms with Gasteiger partial charge in [0, 0.05) is 45.5 Å². The number of carbonyl (C=O) groups excluding carboxylic acids is 1. The van der Waals surface area contributed by atoms with E-state index in [1.54, 1.807) is 12.3 Å². The summed E-state index contributed by atoms with van der Waals surface area (Å²) in [6.45, 7) is 6.79. The molecule has 7 nitrogen and oxygen atoms in total. The second kappa shape index (κ2) is 7.36. The highest BCUT2D eigenvalue weighted by molar-refractivity contribution is 5.96. The van der Waals surface area contributed by atoms with Crippen molar-refractivity contribution in [2.45, 2.75) is 20.0 Å². The third-order valence-corrected chi connectivity index (χ3v) is 5.09. The van der Waals surface area contributed by atoms with Crippen LogP contribution in [0.25, 0.3) is 11.2 Å². The summed E-state index contributed by atoms with van der Waals surface area (Å²) in [5.41, 5.74) is 9.18. The Morgan fingerprint density at radius 3 is 2.59 bits per heavy atom. The summed E-state index contributed by atoms with van der Waals surface area (Å²) in [7, 11) is 0. The predicted octanol–water partition coefficient (Wildman–Crippen LogP) is 1.99. The zero-order valence-electron chi connectivity index (χ0n) is 15.5. The molecule has 1 aromatic carbocycles. The summed E-state index contributed by atoms with van der Waals surface area (Å²) in [6, 6.07) is 12.2. The molecule has 140 valence electrons. The topological polar surface area (TPSA) is 80.3 Å². The number of aromatic nitrogens is 3. The monoisotopic (exact) mass is 364 g/mol. The van der Waals surface area contributed by atoms with Crippen LogP contribution in [0.3, 0.4) is 0 Å². The first kappa shape index (κ1) is 17.5. The number of hydrogen-bond acceptors (Lipinski definition) is 5. The molecule has 0 spiro atoms. The van der Waals surface area contributed by atoms with Gasteiger partial charge >= 0.3 is 0 Å². The average Bonchev–Trinajstić information content (AvgIpc) is 3.03. The second-order valence-corrected chi connectivity index (χ2v) is 6.83. The Morgan fingerprint density at radius 1 is 1.15 bits per heavy atom. The Balaban J connectivity index is 1.42. The number of piperazine rings is 1. The molecule has 4 rings (SSSR count). The smallest absolute Gasteiger partial charge is 0.255 e. The maximum Gasteiger partial charge on any atom is 0.255 e. The molecule has 0 atom stereocenters. The lowest BCUT2D eigenvalue weighted by molar-refractivity contribution is 0.0628. The molecule has 0 radical (unpaired) electrons. The highest BCUT2D eigenvalue weighted by Crippen LogP contribution is 2.18. The molecular formula is C20H24N6O. The normalized spacial score (nSPS) is 15.4. The molecule has 7 heteroatoms. The molecule has 27 heavy (non-hydrogen) atoms. The molecule has 2 aromatic heterocycles. The molecule has 1 fully saturated rings. The molecule has 3 heterocycles. The molecule has 1 amide bonds. The van der Waals surface area contributed by atoms with Crippen molar-refractivity contribution in [3.63, 3.8) is 0 Å². The van der Waals surface area contributed by atoms with Crippen LogP contribution in [0.5, 0.6) is 0 Å². The van der Waals surface area contributed by atoms with Gasteiger partial charge in [0.2, 0.25) is 5.95 Å². The van der Waals surface area contributed by atoms with E-state index in [-0.39, 0.29) is 5.91 Å². The van der Waals surface area contributed by atoms with Crippen LogP contribution in [-0.4, -0.2) is 56.4 Å². The SMILES string of the molecule is CCn1c(N)nc2cc(C(=O)N3CCN(Cc4ccccc4)CC3)cnc21. The number of benzene rings is 1. The van der Waals surface area contributed by atoms with Gasteiger partial charge in [-0.15, -0.1) is 0 Å². The van der Waals surface area contributed by atoms with Crippen molar-refractivity contribution in [2.24, 2.45) is 0 Å². The first-order valence-corrected chi connectivity index (χ1v) is 9.33. The highest BCUT2D eigenvalue weighted by Gasteiger charge is 2.23. The predicted molar refractivity (Wildman–Crippen MR) is 105 cm³/mol. The summed E-state index contributed by atoms with van der Waals surface area (Å²) in [5, 5.41) is 0. The zero-order chi connectivity index (χ0) is 18.8. The molecule has 1 aliphatic heterocycles. The van der Waals surface area contributed by atoms with Gasteiger partial charge in [0.15, 0.2) is 5.65 Å². The third-order valence-electron chi connectivity index (χ3n) is 5.09. The Bertz CT molecular complexity index is 944. The minimum Gasteiger partial charge on any atom is -0.369 e. The molecule has 3 aromatic rings. The van der Waals surface area contributed by atoms with E-state index in [4.69, 9.17) is 5.73 Å². The van der Waals surface area contributed by atoms with Crippen molar-refractivity contribution in [1.29, 1.82) is 0 Å². The van der Waals surface area contributed by atoms with Crippen LogP contribution >= 0.6 is 0 Å². The van der Waals surface area contributed by atoms with Crippen molar-refractivity contribution in [3.8, 4) is 0 Å². The molecule has 0 bridgehead atoms. The summed E-state index contributed by atoms with van der Waals surface area (Å²) >= 11 is 0. The Labute approximate surface area is 158 Å². The molecule has 2 N–H and O–H groups in total. The number of pyridine rings is 1. The molecular weight excluding hydrogens is 340 g/mol. The van der Waals surface area contributed by atoms with E-state index in [2.05, 4.69) is 39.1 Å². The van der Waals surface area contributed by atoms with Crippen LogP contribution in [0.4, 0.5) is 5.95 Å². The fraction of sp³-hybridized carbons (Fsp3) is 0.350. The van der Waals surface area contributed by atoms with Gasteiger partial charge in [-0.2, -0.15) is 0 Å². The van der Waals surface area contributed by atoms with Crippen LogP contribution in [0.15, 0.2) is 42.6 Å². The van der Waals surface area contributed by atoms with Crippen LogP contribution in [0, 0.1) is 0 Å². The molecule has 1 saturated heterocycles. The quantitative estimate of drug-likeness (QED) is 0.766. The van der Waals surface area contributed by atoms with Gasteiger partial charge in [-0.3, -0.25) is 14.3 Å². The van der Waals surface area contributed by atoms with E-state index in [0.29, 0.717) is 23.6 Å². The number of amides is 1. The van der Waals surface area contributed by atoms with E-state index < -0.39 is 0 Å². The van der Waals surface area contributed by atoms with E-state index in [1.807, 2.05) is 22.5 Å². The zero-order valence-corrected chi connectivity index (χ0v) is 15.5. The van der Waals surface area contributed by atoms with Crippen molar-refractivity contribution < 1.29 is 4.79 Å². The van der Waals surface area contributed by atoms with Crippen LogP contribution in [-0.2, 0) is 13.1 Å². The fourth-order valence-electron chi connectivity index (χ4n) is 3.59. The van der Waals surface area contributed by atoms with Crippen LogP contribution in [0.2, 0.25) is 0 Å². The van der Waals surface area contributed by atoms with Crippen molar-refractivity contribution >= 4 is 23.0 Å². The van der Waals surface area contributed by atoms with Gasteiger partial charge in [0.1, 0.15) is 5.52 Å². The number of nitrogen functional groups attached to an aromatic ring is 1. The minimum atomic E-state index is 0.00776. The third kappa shape index (κ3) is 3.50. The average molecular weight is 364 g/mol. The lowest BCUT2D eigenvalue weighted by Crippen LogP contribution is -2.48. The van der Waals surface area contributed by atoms with Gasteiger partial charge in [-0.1, -0.05) is 30.3 Å². The standard InChI is InChI=1S/C20H24N6O/c1-2-26-18-17(23-20(26)21)12-16(13-22-18)19(27)25-10-8-24(9-11-25)14-15-6-4-3-5-7-15/h3-7,12-13H,2,8-11,14H2,1H3,(H2,21,23). The molecule has 1 aliphatic rings. The number of nitrogens with zero attached hydrogens (tertiary/aromatic N) is 5. The van der Waals surface area contributed by atoms with Gasteiger partial charge in [0.05, 0.1) is 5.56 Å². The van der Waals surface area contributed by atoms with E-state index in [9.17, 15) is 4.79 Å². The maximum absolute atomic E-state index is 12.9. The number of rotatable bonds is 4. The largest absolute Gasteiger partial charge is 0.369 e. The number of aryl methyl sites for hydroxylation is 1. The van der Waals surface area contributed by atoms with E-state index in [1.165, 1.54) is 5.56 Å². The first-order chi connectivity index (χ1) is 13.2. The number of hydrogen-bond donors (Lipinski definition) is 1. The van der Waals surface area contributed by atoms with Gasteiger partial charge in [-0.05, 0) is 18.6 Å². The van der Waals surface area contributed by atoms with Crippen molar-refractivity contribution in [2.75, 3.05) is 31.9 Å². The second-order valence-electron chi connectivity index (χ2n) is 6.83. The summed E-state index contributed by atoms with van der Waals surface area (Å²) in [4.78, 5) is 25.9. The lowest BCUT2D eigenvalue weighted by Gasteiger charge is -2.34. The highest BCUT2D eigenvalue weighted by atomic mass is 16.2. The maximum atomic E-state index is 12.9. The molecule has 0 saturated carbocycles. The van der Waals surface area contributed by atoms with Gasteiger partial charge < -0.3 is 10.6 Å². The summed E-state index contributed by atoms with van der Waals surface area (Å²) in [6.07, 6.45) is 1.63. The fourth-order valence-corrected chi connectivity index (χ4v) is 3.59. The minimum absolute atomic E-state index is 0.00776. The van der Waals surface area contributed by atoms with Crippen molar-refractivity contribution in [3.05, 3.63) is 53.7 Å². The Morgan fingerprint density at radius 2 is 1.89 bits per heavy atom. The Hall–Kier alpha value is -2.93. The van der Waals surface area contributed by atoms with Gasteiger partial charge in [-0.25, -0.2) is 9.97 Å². The lowest BCUT2D eigenvalue weighted by atomic mass is 10.2. The van der Waals surface area contributed by atoms with E-state index >= 15 is 0 Å². The van der Waals surface area contributed by atoms with Crippen LogP contribution < -0.4 is 5.73 Å². The Kier molecular flexibility index (Phi) is 4.77. The van der Waals surface area contributed by atoms with E-state index in [0.717, 1.165) is 38.4 Å². The van der Waals surface area contributed by atoms with Gasteiger partial charge in [0.25, 0.3) is 5.91 Å². The number of anilines is 1. The first-order valence-electron chi connectivity index (χ1n) is 9.33. The molecule has 0 aliphatic carbocycles. The summed E-state index contributed by atoms with van der Waals surface area (Å²) in [5.74, 6) is 0.438. The summed E-state index contributed by atoms with van der Waals surface area (Å²) < 4.78 is 1.84. The number of fused-ring (bicyclic) bond motifs is 1. The molecule has 0 unspecified atom stereocenters. The number of nitrogens with two attached hydrogens (primary N) is 1. The van der Waals surface area contributed by atoms with Crippen molar-refractivity contribution in [1.82, 2.24) is 24.3 Å². The van der Waals surface area contributed by atoms with Crippen LogP contribution in [0.1, 0.15) is 22.8 Å². The number of imidazole rings is 1.